The van der Waals surface area contributed by atoms with Crippen molar-refractivity contribution in [2.45, 2.75) is 64.1 Å². The Morgan fingerprint density at radius 1 is 1.33 bits per heavy atom. The largest absolute Gasteiger partial charge is 0.345 e. The van der Waals surface area contributed by atoms with Crippen molar-refractivity contribution in [3.05, 3.63) is 11.6 Å². The lowest BCUT2D eigenvalue weighted by molar-refractivity contribution is -0.126. The number of aromatic nitrogens is 3. The number of hydrogen-bond acceptors (Lipinski definition) is 4. The van der Waals surface area contributed by atoms with Crippen LogP contribution in [0.1, 0.15) is 56.7 Å². The third-order valence-corrected chi connectivity index (χ3v) is 4.20. The second kappa shape index (κ2) is 5.83. The minimum absolute atomic E-state index is 0.0563. The van der Waals surface area contributed by atoms with E-state index in [0.29, 0.717) is 12.8 Å². The summed E-state index contributed by atoms with van der Waals surface area (Å²) in [5.41, 5.74) is 0. The predicted octanol–water partition coefficient (Wildman–Crippen LogP) is 0.460. The van der Waals surface area contributed by atoms with Crippen LogP contribution in [0.4, 0.5) is 0 Å². The Labute approximate surface area is 123 Å². The first-order chi connectivity index (χ1) is 10.1. The number of carbonyl (C=O) groups excluding carboxylic acids is 2. The summed E-state index contributed by atoms with van der Waals surface area (Å²) < 4.78 is 2.13. The lowest BCUT2D eigenvalue weighted by Crippen LogP contribution is -2.43. The maximum absolute atomic E-state index is 12.1. The zero-order valence-corrected chi connectivity index (χ0v) is 12.3. The molecule has 21 heavy (non-hydrogen) atoms. The van der Waals surface area contributed by atoms with Gasteiger partial charge in [0.25, 0.3) is 0 Å². The molecule has 7 heteroatoms. The topological polar surface area (TPSA) is 88.9 Å². The molecular formula is C14H21N5O2. The lowest BCUT2D eigenvalue weighted by Gasteiger charge is -2.17. The molecule has 1 fully saturated rings. The van der Waals surface area contributed by atoms with E-state index >= 15 is 0 Å². The van der Waals surface area contributed by atoms with Crippen LogP contribution in [0.25, 0.3) is 0 Å². The number of fused-ring (bicyclic) bond motifs is 1. The monoisotopic (exact) mass is 291 g/mol. The normalized spacial score (nSPS) is 23.1. The third-order valence-electron chi connectivity index (χ3n) is 4.20. The van der Waals surface area contributed by atoms with E-state index in [-0.39, 0.29) is 17.9 Å². The van der Waals surface area contributed by atoms with Gasteiger partial charge in [0, 0.05) is 19.4 Å². The minimum atomic E-state index is -0.411. The van der Waals surface area contributed by atoms with Crippen LogP contribution in [0.2, 0.25) is 0 Å². The summed E-state index contributed by atoms with van der Waals surface area (Å²) in [5.74, 6) is 1.63. The zero-order chi connectivity index (χ0) is 14.8. The van der Waals surface area contributed by atoms with Gasteiger partial charge in [0.05, 0.1) is 6.04 Å². The molecule has 0 radical (unpaired) electrons. The van der Waals surface area contributed by atoms with Gasteiger partial charge in [-0.25, -0.2) is 0 Å². The highest BCUT2D eigenvalue weighted by atomic mass is 16.2. The summed E-state index contributed by atoms with van der Waals surface area (Å²) in [6.07, 6.45) is 5.41. The molecule has 2 N–H and O–H groups in total. The van der Waals surface area contributed by atoms with Crippen molar-refractivity contribution in [2.24, 2.45) is 0 Å². The summed E-state index contributed by atoms with van der Waals surface area (Å²) in [4.78, 5) is 23.3. The zero-order valence-electron chi connectivity index (χ0n) is 12.3. The number of rotatable bonds is 3. The van der Waals surface area contributed by atoms with E-state index in [4.69, 9.17) is 0 Å². The van der Waals surface area contributed by atoms with E-state index in [2.05, 4.69) is 25.4 Å². The predicted molar refractivity (Wildman–Crippen MR) is 75.3 cm³/mol. The molecule has 0 bridgehead atoms. The molecule has 2 atom stereocenters. The van der Waals surface area contributed by atoms with Crippen LogP contribution in [-0.4, -0.2) is 32.6 Å². The van der Waals surface area contributed by atoms with Crippen molar-refractivity contribution >= 4 is 11.8 Å². The Morgan fingerprint density at radius 2 is 2.19 bits per heavy atom. The maximum Gasteiger partial charge on any atom is 0.243 e. The Hall–Kier alpha value is -1.92. The van der Waals surface area contributed by atoms with E-state index in [1.807, 2.05) is 6.92 Å². The average molecular weight is 291 g/mol. The van der Waals surface area contributed by atoms with Crippen molar-refractivity contribution in [1.82, 2.24) is 25.4 Å². The van der Waals surface area contributed by atoms with Gasteiger partial charge >= 0.3 is 0 Å². The van der Waals surface area contributed by atoms with Gasteiger partial charge in [0.1, 0.15) is 11.9 Å². The summed E-state index contributed by atoms with van der Waals surface area (Å²) in [6.45, 7) is 2.83. The van der Waals surface area contributed by atoms with Gasteiger partial charge in [-0.1, -0.05) is 6.42 Å². The fraction of sp³-hybridized carbons (Fsp3) is 0.714. The van der Waals surface area contributed by atoms with Crippen molar-refractivity contribution in [2.75, 3.05) is 0 Å². The highest BCUT2D eigenvalue weighted by Gasteiger charge is 2.29. The van der Waals surface area contributed by atoms with Crippen LogP contribution in [0.15, 0.2) is 0 Å². The van der Waals surface area contributed by atoms with Crippen molar-refractivity contribution < 1.29 is 9.59 Å². The highest BCUT2D eigenvalue weighted by molar-refractivity contribution is 5.90. The molecule has 0 aliphatic carbocycles. The second-order valence-electron chi connectivity index (χ2n) is 5.83. The second-order valence-corrected chi connectivity index (χ2v) is 5.83. The fourth-order valence-electron chi connectivity index (χ4n) is 3.02. The van der Waals surface area contributed by atoms with Crippen molar-refractivity contribution in [3.8, 4) is 0 Å². The summed E-state index contributed by atoms with van der Waals surface area (Å²) in [6, 6.07) is -0.610. The Balaban J connectivity index is 1.68. The molecule has 2 aliphatic rings. The number of carbonyl (C=O) groups is 2. The summed E-state index contributed by atoms with van der Waals surface area (Å²) in [7, 11) is 0. The van der Waals surface area contributed by atoms with Crippen LogP contribution in [0, 0.1) is 0 Å². The summed E-state index contributed by atoms with van der Waals surface area (Å²) >= 11 is 0. The lowest BCUT2D eigenvalue weighted by atomic mass is 10.2. The molecule has 0 spiro atoms. The van der Waals surface area contributed by atoms with E-state index in [0.717, 1.165) is 37.5 Å². The molecule has 3 rings (SSSR count). The van der Waals surface area contributed by atoms with Gasteiger partial charge in [0.15, 0.2) is 5.82 Å². The minimum Gasteiger partial charge on any atom is -0.345 e. The van der Waals surface area contributed by atoms with Gasteiger partial charge in [-0.05, 0) is 26.2 Å². The number of nitrogens with zero attached hydrogens (tertiary/aromatic N) is 3. The fourth-order valence-corrected chi connectivity index (χ4v) is 3.02. The molecule has 1 saturated heterocycles. The first kappa shape index (κ1) is 14.0. The molecule has 1 aromatic heterocycles. The standard InChI is InChI=1S/C14H21N5O2/c1-9(15-14(21)10-6-7-12(20)16-10)13-18-17-11-5-3-2-4-8-19(11)13/h9-10H,2-8H2,1H3,(H,15,21)(H,16,20)/t9-,10-/m0/s1. The van der Waals surface area contributed by atoms with E-state index < -0.39 is 6.04 Å². The molecule has 3 heterocycles. The van der Waals surface area contributed by atoms with Crippen LogP contribution < -0.4 is 10.6 Å². The molecule has 1 aromatic rings. The van der Waals surface area contributed by atoms with Crippen LogP contribution in [0.5, 0.6) is 0 Å². The molecule has 0 saturated carbocycles. The van der Waals surface area contributed by atoms with Crippen molar-refractivity contribution in [1.29, 1.82) is 0 Å². The quantitative estimate of drug-likeness (QED) is 0.846. The number of hydrogen-bond donors (Lipinski definition) is 2. The van der Waals surface area contributed by atoms with Crippen molar-refractivity contribution in [3.63, 3.8) is 0 Å². The first-order valence-electron chi connectivity index (χ1n) is 7.67. The Kier molecular flexibility index (Phi) is 3.90. The number of amides is 2. The smallest absolute Gasteiger partial charge is 0.243 e. The number of nitrogens with one attached hydrogen (secondary N) is 2. The number of aryl methyl sites for hydroxylation is 1. The van der Waals surface area contributed by atoms with Gasteiger partial charge in [-0.3, -0.25) is 9.59 Å². The Bertz CT molecular complexity index is 554. The van der Waals surface area contributed by atoms with Gasteiger partial charge in [-0.15, -0.1) is 10.2 Å². The first-order valence-corrected chi connectivity index (χ1v) is 7.67. The average Bonchev–Trinajstić information content (AvgIpc) is 2.99. The molecule has 114 valence electrons. The SMILES string of the molecule is C[C@H](NC(=O)[C@@H]1CCC(=O)N1)c1nnc2n1CCCCC2. The third kappa shape index (κ3) is 2.91. The van der Waals surface area contributed by atoms with Gasteiger partial charge in [0.2, 0.25) is 11.8 Å². The van der Waals surface area contributed by atoms with Gasteiger partial charge in [-0.2, -0.15) is 0 Å². The Morgan fingerprint density at radius 3 is 2.95 bits per heavy atom. The maximum atomic E-state index is 12.1. The molecule has 2 aliphatic heterocycles. The molecule has 7 nitrogen and oxygen atoms in total. The molecule has 0 unspecified atom stereocenters. The van der Waals surface area contributed by atoms with Gasteiger partial charge < -0.3 is 15.2 Å². The van der Waals surface area contributed by atoms with E-state index in [1.54, 1.807) is 0 Å². The van der Waals surface area contributed by atoms with Crippen LogP contribution in [0.3, 0.4) is 0 Å². The summed E-state index contributed by atoms with van der Waals surface area (Å²) in [5, 5.41) is 14.1. The van der Waals surface area contributed by atoms with Crippen LogP contribution in [-0.2, 0) is 22.6 Å². The molecular weight excluding hydrogens is 270 g/mol. The highest BCUT2D eigenvalue weighted by Crippen LogP contribution is 2.19. The molecule has 0 aromatic carbocycles. The molecule has 2 amide bonds. The van der Waals surface area contributed by atoms with E-state index in [1.165, 1.54) is 6.42 Å². The van der Waals surface area contributed by atoms with Crippen LogP contribution >= 0.6 is 0 Å². The van der Waals surface area contributed by atoms with E-state index in [9.17, 15) is 9.59 Å².